The van der Waals surface area contributed by atoms with E-state index >= 15 is 0 Å². The molecule has 0 unspecified atom stereocenters. The molecule has 29 heavy (non-hydrogen) atoms. The van der Waals surface area contributed by atoms with Gasteiger partial charge >= 0.3 is 0 Å². The number of rotatable bonds is 6. The molecule has 2 aliphatic heterocycles. The molecule has 1 N–H and O–H groups in total. The molecule has 2 aromatic rings. The Morgan fingerprint density at radius 3 is 2.76 bits per heavy atom. The van der Waals surface area contributed by atoms with Gasteiger partial charge in [-0.1, -0.05) is 12.1 Å². The standard InChI is InChI=1S/C23H29N3O3/c1-17-5-3-6-21(18(17)2)26-12-10-25(11-13-26)9-4-14-28-19-7-8-22-20(15-19)24-23(27)16-29-22/h3,5-8,15H,4,9-14,16H2,1-2H3,(H,24,27). The molecule has 154 valence electrons. The molecule has 6 nitrogen and oxygen atoms in total. The lowest BCUT2D eigenvalue weighted by Gasteiger charge is -2.37. The fraction of sp³-hybridized carbons (Fsp3) is 0.435. The predicted molar refractivity (Wildman–Crippen MR) is 115 cm³/mol. The Bertz CT molecular complexity index is 876. The fourth-order valence-corrected chi connectivity index (χ4v) is 3.92. The lowest BCUT2D eigenvalue weighted by molar-refractivity contribution is -0.118. The predicted octanol–water partition coefficient (Wildman–Crippen LogP) is 3.23. The summed E-state index contributed by atoms with van der Waals surface area (Å²) >= 11 is 0. The largest absolute Gasteiger partial charge is 0.493 e. The number of ether oxygens (including phenoxy) is 2. The van der Waals surface area contributed by atoms with Crippen LogP contribution in [0.15, 0.2) is 36.4 Å². The Morgan fingerprint density at radius 2 is 1.93 bits per heavy atom. The lowest BCUT2D eigenvalue weighted by atomic mass is 10.1. The normalized spacial score (nSPS) is 16.8. The topological polar surface area (TPSA) is 54.0 Å². The average Bonchev–Trinajstić information content (AvgIpc) is 2.73. The Morgan fingerprint density at radius 1 is 1.10 bits per heavy atom. The van der Waals surface area contributed by atoms with Crippen LogP contribution >= 0.6 is 0 Å². The van der Waals surface area contributed by atoms with E-state index in [1.54, 1.807) is 0 Å². The summed E-state index contributed by atoms with van der Waals surface area (Å²) in [5, 5.41) is 2.81. The monoisotopic (exact) mass is 395 g/mol. The molecule has 1 saturated heterocycles. The number of hydrogen-bond acceptors (Lipinski definition) is 5. The first-order valence-electron chi connectivity index (χ1n) is 10.3. The molecule has 1 amide bonds. The molecule has 0 bridgehead atoms. The highest BCUT2D eigenvalue weighted by Gasteiger charge is 2.19. The molecule has 6 heteroatoms. The van der Waals surface area contributed by atoms with E-state index in [2.05, 4.69) is 47.2 Å². The minimum atomic E-state index is -0.130. The Hall–Kier alpha value is -2.73. The first kappa shape index (κ1) is 19.6. The number of nitrogens with one attached hydrogen (secondary N) is 1. The Balaban J connectivity index is 1.20. The first-order chi connectivity index (χ1) is 14.1. The number of benzene rings is 2. The van der Waals surface area contributed by atoms with E-state index in [9.17, 15) is 4.79 Å². The summed E-state index contributed by atoms with van der Waals surface area (Å²) < 4.78 is 11.2. The van der Waals surface area contributed by atoms with Crippen molar-refractivity contribution in [2.24, 2.45) is 0 Å². The van der Waals surface area contributed by atoms with Gasteiger partial charge < -0.3 is 19.7 Å². The van der Waals surface area contributed by atoms with Crippen molar-refractivity contribution in [3.8, 4) is 11.5 Å². The molecule has 2 aliphatic rings. The Kier molecular flexibility index (Phi) is 5.90. The summed E-state index contributed by atoms with van der Waals surface area (Å²) in [4.78, 5) is 16.4. The molecule has 0 spiro atoms. The van der Waals surface area contributed by atoms with Crippen LogP contribution in [-0.2, 0) is 4.79 Å². The number of carbonyl (C=O) groups excluding carboxylic acids is 1. The SMILES string of the molecule is Cc1cccc(N2CCN(CCCOc3ccc4c(c3)NC(=O)CO4)CC2)c1C. The number of amides is 1. The molecule has 4 rings (SSSR count). The van der Waals surface area contributed by atoms with Crippen LogP contribution in [-0.4, -0.2) is 56.7 Å². The van der Waals surface area contributed by atoms with Gasteiger partial charge in [-0.25, -0.2) is 0 Å². The van der Waals surface area contributed by atoms with Crippen LogP contribution in [0.25, 0.3) is 0 Å². The van der Waals surface area contributed by atoms with E-state index in [4.69, 9.17) is 9.47 Å². The maximum Gasteiger partial charge on any atom is 0.262 e. The van der Waals surface area contributed by atoms with Gasteiger partial charge in [-0.2, -0.15) is 0 Å². The second-order valence-electron chi connectivity index (χ2n) is 7.74. The number of nitrogens with zero attached hydrogens (tertiary/aromatic N) is 2. The third kappa shape index (κ3) is 4.65. The van der Waals surface area contributed by atoms with Crippen LogP contribution in [0.1, 0.15) is 17.5 Å². The van der Waals surface area contributed by atoms with Crippen LogP contribution in [0.2, 0.25) is 0 Å². The summed E-state index contributed by atoms with van der Waals surface area (Å²) in [5.41, 5.74) is 4.80. The number of hydrogen-bond donors (Lipinski definition) is 1. The highest BCUT2D eigenvalue weighted by molar-refractivity contribution is 5.95. The highest BCUT2D eigenvalue weighted by Crippen LogP contribution is 2.31. The smallest absolute Gasteiger partial charge is 0.262 e. The molecule has 2 heterocycles. The molecule has 2 aromatic carbocycles. The van der Waals surface area contributed by atoms with E-state index in [0.29, 0.717) is 18.0 Å². The molecule has 0 aliphatic carbocycles. The maximum absolute atomic E-state index is 11.4. The number of piperazine rings is 1. The van der Waals surface area contributed by atoms with Crippen LogP contribution < -0.4 is 19.7 Å². The summed E-state index contributed by atoms with van der Waals surface area (Å²) in [6.07, 6.45) is 0.976. The van der Waals surface area contributed by atoms with Crippen LogP contribution in [0.3, 0.4) is 0 Å². The maximum atomic E-state index is 11.4. The van der Waals surface area contributed by atoms with Gasteiger partial charge in [0, 0.05) is 44.5 Å². The van der Waals surface area contributed by atoms with Gasteiger partial charge in [-0.05, 0) is 49.6 Å². The van der Waals surface area contributed by atoms with E-state index in [-0.39, 0.29) is 12.5 Å². The number of aryl methyl sites for hydroxylation is 1. The minimum Gasteiger partial charge on any atom is -0.493 e. The van der Waals surface area contributed by atoms with Gasteiger partial charge in [0.15, 0.2) is 6.61 Å². The van der Waals surface area contributed by atoms with E-state index in [1.807, 2.05) is 18.2 Å². The molecule has 0 saturated carbocycles. The van der Waals surface area contributed by atoms with Crippen molar-refractivity contribution < 1.29 is 14.3 Å². The van der Waals surface area contributed by atoms with E-state index in [1.165, 1.54) is 16.8 Å². The molecule has 1 fully saturated rings. The van der Waals surface area contributed by atoms with Crippen molar-refractivity contribution >= 4 is 17.3 Å². The van der Waals surface area contributed by atoms with Crippen molar-refractivity contribution in [1.29, 1.82) is 0 Å². The van der Waals surface area contributed by atoms with Gasteiger partial charge in [-0.15, -0.1) is 0 Å². The van der Waals surface area contributed by atoms with Crippen LogP contribution in [0, 0.1) is 13.8 Å². The van der Waals surface area contributed by atoms with Crippen LogP contribution in [0.5, 0.6) is 11.5 Å². The van der Waals surface area contributed by atoms with Crippen molar-refractivity contribution in [3.05, 3.63) is 47.5 Å². The van der Waals surface area contributed by atoms with Crippen molar-refractivity contribution in [1.82, 2.24) is 4.90 Å². The summed E-state index contributed by atoms with van der Waals surface area (Å²) in [6, 6.07) is 12.1. The van der Waals surface area contributed by atoms with Gasteiger partial charge in [0.2, 0.25) is 0 Å². The molecule has 0 radical (unpaired) electrons. The van der Waals surface area contributed by atoms with Gasteiger partial charge in [0.1, 0.15) is 11.5 Å². The minimum absolute atomic E-state index is 0.0733. The zero-order valence-corrected chi connectivity index (χ0v) is 17.2. The summed E-state index contributed by atoms with van der Waals surface area (Å²) in [7, 11) is 0. The van der Waals surface area contributed by atoms with Gasteiger partial charge in [0.25, 0.3) is 5.91 Å². The fourth-order valence-electron chi connectivity index (χ4n) is 3.92. The van der Waals surface area contributed by atoms with Gasteiger partial charge in [0.05, 0.1) is 12.3 Å². The van der Waals surface area contributed by atoms with E-state index < -0.39 is 0 Å². The second-order valence-corrected chi connectivity index (χ2v) is 7.74. The quantitative estimate of drug-likeness (QED) is 0.761. The van der Waals surface area contributed by atoms with Gasteiger partial charge in [-0.3, -0.25) is 9.69 Å². The van der Waals surface area contributed by atoms with E-state index in [0.717, 1.165) is 44.9 Å². The zero-order valence-electron chi connectivity index (χ0n) is 17.2. The van der Waals surface area contributed by atoms with Crippen molar-refractivity contribution in [3.63, 3.8) is 0 Å². The molecule has 0 aromatic heterocycles. The number of carbonyl (C=O) groups is 1. The summed E-state index contributed by atoms with van der Waals surface area (Å²) in [6.45, 7) is 10.4. The molecular formula is C23H29N3O3. The first-order valence-corrected chi connectivity index (χ1v) is 10.3. The van der Waals surface area contributed by atoms with Crippen molar-refractivity contribution in [2.45, 2.75) is 20.3 Å². The third-order valence-electron chi connectivity index (χ3n) is 5.76. The van der Waals surface area contributed by atoms with Crippen LogP contribution in [0.4, 0.5) is 11.4 Å². The number of fused-ring (bicyclic) bond motifs is 1. The molecule has 0 atom stereocenters. The van der Waals surface area contributed by atoms with Crippen molar-refractivity contribution in [2.75, 3.05) is 56.2 Å². The average molecular weight is 396 g/mol. The highest BCUT2D eigenvalue weighted by atomic mass is 16.5. The third-order valence-corrected chi connectivity index (χ3v) is 5.76. The lowest BCUT2D eigenvalue weighted by Crippen LogP contribution is -2.47. The zero-order chi connectivity index (χ0) is 20.2. The Labute approximate surface area is 172 Å². The number of anilines is 2. The molecular weight excluding hydrogens is 366 g/mol. The second kappa shape index (κ2) is 8.74. The summed E-state index contributed by atoms with van der Waals surface area (Å²) in [5.74, 6) is 1.32.